The van der Waals surface area contributed by atoms with Crippen molar-refractivity contribution < 1.29 is 14.4 Å². The summed E-state index contributed by atoms with van der Waals surface area (Å²) >= 11 is 0. The number of carbonyl (C=O) groups excluding carboxylic acids is 3. The SMILES string of the molecule is CC(C)CNC(=O)N1CCCC(C(=O)N2CCCC(N3CCNCC3=O)C2)C1.Cl. The minimum absolute atomic E-state index is 0. The number of nitrogens with zero attached hydrogens (tertiary/aromatic N) is 3. The molecule has 3 saturated heterocycles. The quantitative estimate of drug-likeness (QED) is 0.695. The Morgan fingerprint density at radius 2 is 1.83 bits per heavy atom. The Hall–Kier alpha value is -1.54. The predicted octanol–water partition coefficient (Wildman–Crippen LogP) is 0.909. The first kappa shape index (κ1) is 23.7. The zero-order valence-electron chi connectivity index (χ0n) is 17.7. The normalized spacial score (nSPS) is 25.6. The van der Waals surface area contributed by atoms with E-state index in [0.29, 0.717) is 38.6 Å². The van der Waals surface area contributed by atoms with Gasteiger partial charge in [-0.2, -0.15) is 0 Å². The van der Waals surface area contributed by atoms with Crippen LogP contribution in [0, 0.1) is 11.8 Å². The van der Waals surface area contributed by atoms with E-state index in [1.54, 1.807) is 4.90 Å². The number of hydrogen-bond donors (Lipinski definition) is 2. The molecule has 3 rings (SSSR count). The molecule has 3 fully saturated rings. The molecule has 2 N–H and O–H groups in total. The minimum atomic E-state index is -0.129. The van der Waals surface area contributed by atoms with Gasteiger partial charge in [0.15, 0.2) is 0 Å². The zero-order chi connectivity index (χ0) is 20.1. The number of nitrogens with one attached hydrogen (secondary N) is 2. The third-order valence-corrected chi connectivity index (χ3v) is 5.99. The lowest BCUT2D eigenvalue weighted by atomic mass is 9.94. The topological polar surface area (TPSA) is 85.0 Å². The summed E-state index contributed by atoms with van der Waals surface area (Å²) in [5, 5.41) is 6.06. The molecular weight excluding hydrogens is 394 g/mol. The first-order chi connectivity index (χ1) is 13.5. The van der Waals surface area contributed by atoms with Crippen LogP contribution < -0.4 is 10.6 Å². The minimum Gasteiger partial charge on any atom is -0.340 e. The summed E-state index contributed by atoms with van der Waals surface area (Å²) in [5.74, 6) is 0.560. The lowest BCUT2D eigenvalue weighted by molar-refractivity contribution is -0.143. The van der Waals surface area contributed by atoms with Gasteiger partial charge in [-0.3, -0.25) is 9.59 Å². The van der Waals surface area contributed by atoms with Gasteiger partial charge in [-0.15, -0.1) is 12.4 Å². The molecule has 9 heteroatoms. The van der Waals surface area contributed by atoms with Crippen molar-refractivity contribution in [3.05, 3.63) is 0 Å². The van der Waals surface area contributed by atoms with Gasteiger partial charge in [0.1, 0.15) is 0 Å². The molecule has 2 unspecified atom stereocenters. The number of hydrogen-bond acceptors (Lipinski definition) is 4. The lowest BCUT2D eigenvalue weighted by Gasteiger charge is -2.42. The van der Waals surface area contributed by atoms with Crippen molar-refractivity contribution in [2.75, 3.05) is 52.4 Å². The van der Waals surface area contributed by atoms with Crippen LogP contribution in [0.15, 0.2) is 0 Å². The highest BCUT2D eigenvalue weighted by atomic mass is 35.5. The highest BCUT2D eigenvalue weighted by Crippen LogP contribution is 2.23. The van der Waals surface area contributed by atoms with Crippen LogP contribution in [0.4, 0.5) is 4.79 Å². The molecule has 29 heavy (non-hydrogen) atoms. The maximum absolute atomic E-state index is 13.1. The van der Waals surface area contributed by atoms with Crippen molar-refractivity contribution in [2.24, 2.45) is 11.8 Å². The molecule has 0 aromatic heterocycles. The monoisotopic (exact) mass is 429 g/mol. The number of piperazine rings is 1. The summed E-state index contributed by atoms with van der Waals surface area (Å²) < 4.78 is 0. The number of likely N-dealkylation sites (tertiary alicyclic amines) is 2. The van der Waals surface area contributed by atoms with Crippen LogP contribution in [0.5, 0.6) is 0 Å². The number of amides is 4. The van der Waals surface area contributed by atoms with Crippen LogP contribution in [0.1, 0.15) is 39.5 Å². The average molecular weight is 430 g/mol. The van der Waals surface area contributed by atoms with Gasteiger partial charge < -0.3 is 25.3 Å². The number of urea groups is 1. The highest BCUT2D eigenvalue weighted by molar-refractivity contribution is 5.85. The summed E-state index contributed by atoms with van der Waals surface area (Å²) in [7, 11) is 0. The van der Waals surface area contributed by atoms with Crippen LogP contribution in [-0.4, -0.2) is 90.9 Å². The van der Waals surface area contributed by atoms with Gasteiger partial charge in [0.2, 0.25) is 11.8 Å². The zero-order valence-corrected chi connectivity index (χ0v) is 18.5. The van der Waals surface area contributed by atoms with Crippen molar-refractivity contribution in [1.82, 2.24) is 25.3 Å². The predicted molar refractivity (Wildman–Crippen MR) is 114 cm³/mol. The van der Waals surface area contributed by atoms with Crippen LogP contribution in [0.3, 0.4) is 0 Å². The fourth-order valence-electron chi connectivity index (χ4n) is 4.44. The summed E-state index contributed by atoms with van der Waals surface area (Å²) in [6.45, 7) is 9.32. The Bertz CT molecular complexity index is 588. The van der Waals surface area contributed by atoms with E-state index in [1.807, 2.05) is 9.80 Å². The van der Waals surface area contributed by atoms with Crippen molar-refractivity contribution in [2.45, 2.75) is 45.6 Å². The van der Waals surface area contributed by atoms with Gasteiger partial charge >= 0.3 is 6.03 Å². The van der Waals surface area contributed by atoms with Gasteiger partial charge in [-0.1, -0.05) is 13.8 Å². The van der Waals surface area contributed by atoms with E-state index in [4.69, 9.17) is 0 Å². The largest absolute Gasteiger partial charge is 0.340 e. The van der Waals surface area contributed by atoms with Gasteiger partial charge in [0.05, 0.1) is 12.5 Å². The van der Waals surface area contributed by atoms with Crippen molar-refractivity contribution in [3.8, 4) is 0 Å². The van der Waals surface area contributed by atoms with E-state index >= 15 is 0 Å². The molecule has 4 amide bonds. The van der Waals surface area contributed by atoms with E-state index in [0.717, 1.165) is 45.3 Å². The van der Waals surface area contributed by atoms with E-state index in [2.05, 4.69) is 24.5 Å². The van der Waals surface area contributed by atoms with E-state index < -0.39 is 0 Å². The Balaban J connectivity index is 0.00000300. The molecule has 0 spiro atoms. The van der Waals surface area contributed by atoms with Crippen LogP contribution in [0.2, 0.25) is 0 Å². The average Bonchev–Trinajstić information content (AvgIpc) is 2.72. The summed E-state index contributed by atoms with van der Waals surface area (Å²) in [4.78, 5) is 43.4. The molecule has 2 atom stereocenters. The van der Waals surface area contributed by atoms with Crippen molar-refractivity contribution in [3.63, 3.8) is 0 Å². The van der Waals surface area contributed by atoms with Gasteiger partial charge in [0, 0.05) is 51.9 Å². The second-order valence-electron chi connectivity index (χ2n) is 8.71. The molecule has 0 aromatic carbocycles. The molecule has 0 bridgehead atoms. The van der Waals surface area contributed by atoms with E-state index in [1.165, 1.54) is 0 Å². The second-order valence-corrected chi connectivity index (χ2v) is 8.71. The molecule has 0 aliphatic carbocycles. The summed E-state index contributed by atoms with van der Waals surface area (Å²) in [6.07, 6.45) is 3.59. The van der Waals surface area contributed by atoms with Gasteiger partial charge in [-0.25, -0.2) is 4.79 Å². The fourth-order valence-corrected chi connectivity index (χ4v) is 4.44. The number of carbonyl (C=O) groups is 3. The molecule has 0 aromatic rings. The number of rotatable bonds is 4. The fraction of sp³-hybridized carbons (Fsp3) is 0.850. The Morgan fingerprint density at radius 3 is 2.55 bits per heavy atom. The molecule has 166 valence electrons. The third kappa shape index (κ3) is 6.22. The Labute approximate surface area is 180 Å². The maximum atomic E-state index is 13.1. The van der Waals surface area contributed by atoms with Crippen LogP contribution >= 0.6 is 12.4 Å². The van der Waals surface area contributed by atoms with Crippen molar-refractivity contribution in [1.29, 1.82) is 0 Å². The molecular formula is C20H36ClN5O3. The first-order valence-electron chi connectivity index (χ1n) is 10.8. The Morgan fingerprint density at radius 1 is 1.10 bits per heavy atom. The summed E-state index contributed by atoms with van der Waals surface area (Å²) in [5.41, 5.74) is 0. The molecule has 3 aliphatic rings. The Kier molecular flexibility index (Phi) is 9.02. The highest BCUT2D eigenvalue weighted by Gasteiger charge is 2.36. The number of piperidine rings is 2. The molecule has 3 heterocycles. The van der Waals surface area contributed by atoms with Crippen molar-refractivity contribution >= 4 is 30.3 Å². The summed E-state index contributed by atoms with van der Waals surface area (Å²) in [6, 6.07) is 0.0652. The standard InChI is InChI=1S/C20H35N5O3.ClH/c1-15(2)11-22-20(28)24-9-3-5-16(13-24)19(27)23-8-4-6-17(14-23)25-10-7-21-12-18(25)26;/h15-17,21H,3-14H2,1-2H3,(H,22,28);1H. The van der Waals surface area contributed by atoms with Gasteiger partial charge in [-0.05, 0) is 31.6 Å². The third-order valence-electron chi connectivity index (χ3n) is 5.99. The maximum Gasteiger partial charge on any atom is 0.317 e. The van der Waals surface area contributed by atoms with Gasteiger partial charge in [0.25, 0.3) is 0 Å². The van der Waals surface area contributed by atoms with Crippen LogP contribution in [-0.2, 0) is 9.59 Å². The van der Waals surface area contributed by atoms with E-state index in [9.17, 15) is 14.4 Å². The second kappa shape index (κ2) is 11.0. The number of halogens is 1. The smallest absolute Gasteiger partial charge is 0.317 e. The molecule has 0 saturated carbocycles. The lowest BCUT2D eigenvalue weighted by Crippen LogP contribution is -2.58. The molecule has 8 nitrogen and oxygen atoms in total. The molecule has 0 radical (unpaired) electrons. The first-order valence-corrected chi connectivity index (χ1v) is 10.8. The van der Waals surface area contributed by atoms with Crippen LogP contribution in [0.25, 0.3) is 0 Å². The van der Waals surface area contributed by atoms with E-state index in [-0.39, 0.29) is 42.2 Å². The molecule has 3 aliphatic heterocycles.